The topological polar surface area (TPSA) is 23.6 Å². The van der Waals surface area contributed by atoms with Gasteiger partial charge in [0.05, 0.1) is 0 Å². The Labute approximate surface area is 127 Å². The molecule has 2 fully saturated rings. The lowest BCUT2D eigenvalue weighted by Crippen LogP contribution is -2.54. The fourth-order valence-electron chi connectivity index (χ4n) is 3.85. The van der Waals surface area contributed by atoms with E-state index in [9.17, 15) is 4.79 Å². The Hall–Kier alpha value is -1.61. The number of hydrogen-bond donors (Lipinski definition) is 0. The summed E-state index contributed by atoms with van der Waals surface area (Å²) in [6, 6.07) is 11.3. The molecule has 0 unspecified atom stereocenters. The maximum Gasteiger partial charge on any atom is 0.245 e. The van der Waals surface area contributed by atoms with Gasteiger partial charge in [0.1, 0.15) is 0 Å². The van der Waals surface area contributed by atoms with Crippen molar-refractivity contribution in [2.75, 3.05) is 19.6 Å². The average molecular weight is 284 g/mol. The Morgan fingerprint density at radius 3 is 2.81 bits per heavy atom. The van der Waals surface area contributed by atoms with E-state index in [1.165, 1.54) is 31.0 Å². The normalized spacial score (nSPS) is 26.2. The number of likely N-dealkylation sites (tertiary alicyclic amines) is 2. The molecule has 3 nitrogen and oxygen atoms in total. The van der Waals surface area contributed by atoms with Crippen molar-refractivity contribution in [2.45, 2.75) is 31.8 Å². The van der Waals surface area contributed by atoms with E-state index in [0.29, 0.717) is 12.0 Å². The molecule has 0 bridgehead atoms. The number of amides is 1. The van der Waals surface area contributed by atoms with Gasteiger partial charge in [-0.25, -0.2) is 0 Å². The molecular formula is C18H24N2O. The highest BCUT2D eigenvalue weighted by molar-refractivity contribution is 5.87. The fourth-order valence-corrected chi connectivity index (χ4v) is 3.85. The van der Waals surface area contributed by atoms with Crippen LogP contribution in [-0.4, -0.2) is 41.4 Å². The van der Waals surface area contributed by atoms with E-state index >= 15 is 0 Å². The number of rotatable bonds is 3. The van der Waals surface area contributed by atoms with Crippen molar-refractivity contribution in [1.29, 1.82) is 0 Å². The molecule has 2 atom stereocenters. The van der Waals surface area contributed by atoms with E-state index in [4.69, 9.17) is 0 Å². The standard InChI is InChI=1S/C18H24N2O/c1-2-18(21)20-12-10-17-16(14-20)9-6-11-19(17)13-15-7-4-3-5-8-15/h2-5,7-8,16-17H,1,6,9-14H2/t16-,17-/m1/s1. The molecular weight excluding hydrogens is 260 g/mol. The SMILES string of the molecule is C=CC(=O)N1CC[C@@H]2[C@H](CCCN2Cc2ccccc2)C1. The van der Waals surface area contributed by atoms with Gasteiger partial charge in [0, 0.05) is 25.7 Å². The van der Waals surface area contributed by atoms with Crippen LogP contribution >= 0.6 is 0 Å². The number of benzene rings is 1. The first kappa shape index (κ1) is 14.3. The summed E-state index contributed by atoms with van der Waals surface area (Å²) >= 11 is 0. The van der Waals surface area contributed by atoms with E-state index in [1.807, 2.05) is 4.90 Å². The first-order chi connectivity index (χ1) is 10.3. The van der Waals surface area contributed by atoms with Crippen molar-refractivity contribution in [3.63, 3.8) is 0 Å². The molecule has 0 aliphatic carbocycles. The lowest BCUT2D eigenvalue weighted by atomic mass is 9.83. The van der Waals surface area contributed by atoms with Gasteiger partial charge in [0.2, 0.25) is 5.91 Å². The van der Waals surface area contributed by atoms with Gasteiger partial charge in [0.25, 0.3) is 0 Å². The molecule has 2 aliphatic heterocycles. The summed E-state index contributed by atoms with van der Waals surface area (Å²) in [6.45, 7) is 7.61. The van der Waals surface area contributed by atoms with Crippen LogP contribution in [0, 0.1) is 5.92 Å². The number of hydrogen-bond acceptors (Lipinski definition) is 2. The zero-order valence-electron chi connectivity index (χ0n) is 12.6. The lowest BCUT2D eigenvalue weighted by Gasteiger charge is -2.47. The maximum absolute atomic E-state index is 11.8. The summed E-state index contributed by atoms with van der Waals surface area (Å²) < 4.78 is 0. The third-order valence-corrected chi connectivity index (χ3v) is 4.90. The number of nitrogens with zero attached hydrogens (tertiary/aromatic N) is 2. The number of carbonyl (C=O) groups is 1. The predicted octanol–water partition coefficient (Wildman–Crippen LogP) is 2.69. The second-order valence-electron chi connectivity index (χ2n) is 6.20. The minimum atomic E-state index is 0.0913. The minimum absolute atomic E-state index is 0.0913. The molecule has 0 saturated carbocycles. The largest absolute Gasteiger partial charge is 0.339 e. The van der Waals surface area contributed by atoms with Crippen LogP contribution in [-0.2, 0) is 11.3 Å². The van der Waals surface area contributed by atoms with E-state index < -0.39 is 0 Å². The lowest BCUT2D eigenvalue weighted by molar-refractivity contribution is -0.129. The molecule has 21 heavy (non-hydrogen) atoms. The van der Waals surface area contributed by atoms with Gasteiger partial charge in [0.15, 0.2) is 0 Å². The molecule has 2 saturated heterocycles. The van der Waals surface area contributed by atoms with Crippen LogP contribution < -0.4 is 0 Å². The summed E-state index contributed by atoms with van der Waals surface area (Å²) in [7, 11) is 0. The van der Waals surface area contributed by atoms with Crippen molar-refractivity contribution in [1.82, 2.24) is 9.80 Å². The molecule has 3 rings (SSSR count). The van der Waals surface area contributed by atoms with Crippen molar-refractivity contribution in [2.24, 2.45) is 5.92 Å². The van der Waals surface area contributed by atoms with Crippen LogP contribution in [0.3, 0.4) is 0 Å². The van der Waals surface area contributed by atoms with Crippen LogP contribution in [0.5, 0.6) is 0 Å². The van der Waals surface area contributed by atoms with Crippen molar-refractivity contribution in [3.05, 3.63) is 48.6 Å². The predicted molar refractivity (Wildman–Crippen MR) is 84.8 cm³/mol. The van der Waals surface area contributed by atoms with Gasteiger partial charge in [-0.2, -0.15) is 0 Å². The molecule has 0 radical (unpaired) electrons. The Kier molecular flexibility index (Phi) is 4.39. The maximum atomic E-state index is 11.8. The highest BCUT2D eigenvalue weighted by Crippen LogP contribution is 2.31. The third kappa shape index (κ3) is 3.18. The molecule has 0 spiro atoms. The number of piperidine rings is 2. The third-order valence-electron chi connectivity index (χ3n) is 4.90. The molecule has 3 heteroatoms. The summed E-state index contributed by atoms with van der Waals surface area (Å²) in [5, 5.41) is 0. The molecule has 2 heterocycles. The zero-order chi connectivity index (χ0) is 14.7. The Balaban J connectivity index is 1.66. The van der Waals surface area contributed by atoms with Crippen LogP contribution in [0.2, 0.25) is 0 Å². The van der Waals surface area contributed by atoms with Crippen LogP contribution in [0.4, 0.5) is 0 Å². The van der Waals surface area contributed by atoms with Gasteiger partial charge >= 0.3 is 0 Å². The molecule has 1 amide bonds. The summed E-state index contributed by atoms with van der Waals surface area (Å²) in [5.41, 5.74) is 1.39. The number of fused-ring (bicyclic) bond motifs is 1. The minimum Gasteiger partial charge on any atom is -0.339 e. The molecule has 2 aliphatic rings. The van der Waals surface area contributed by atoms with E-state index in [1.54, 1.807) is 0 Å². The van der Waals surface area contributed by atoms with Crippen molar-refractivity contribution < 1.29 is 4.79 Å². The first-order valence-corrected chi connectivity index (χ1v) is 7.97. The highest BCUT2D eigenvalue weighted by Gasteiger charge is 2.36. The zero-order valence-corrected chi connectivity index (χ0v) is 12.6. The van der Waals surface area contributed by atoms with Crippen LogP contribution in [0.1, 0.15) is 24.8 Å². The summed E-state index contributed by atoms with van der Waals surface area (Å²) in [4.78, 5) is 16.4. The Bertz CT molecular complexity index is 499. The second-order valence-corrected chi connectivity index (χ2v) is 6.20. The highest BCUT2D eigenvalue weighted by atomic mass is 16.2. The van der Waals surface area contributed by atoms with Gasteiger partial charge < -0.3 is 4.90 Å². The first-order valence-electron chi connectivity index (χ1n) is 7.97. The van der Waals surface area contributed by atoms with Crippen LogP contribution in [0.15, 0.2) is 43.0 Å². The molecule has 112 valence electrons. The van der Waals surface area contributed by atoms with Crippen LogP contribution in [0.25, 0.3) is 0 Å². The Morgan fingerprint density at radius 2 is 2.05 bits per heavy atom. The molecule has 1 aromatic rings. The Morgan fingerprint density at radius 1 is 1.24 bits per heavy atom. The van der Waals surface area contributed by atoms with Crippen molar-refractivity contribution >= 4 is 5.91 Å². The summed E-state index contributed by atoms with van der Waals surface area (Å²) in [5.74, 6) is 0.716. The molecule has 0 N–H and O–H groups in total. The van der Waals surface area contributed by atoms with Crippen molar-refractivity contribution in [3.8, 4) is 0 Å². The van der Waals surface area contributed by atoms with E-state index in [-0.39, 0.29) is 5.91 Å². The average Bonchev–Trinajstić information content (AvgIpc) is 2.55. The second kappa shape index (κ2) is 6.44. The molecule has 0 aromatic heterocycles. The van der Waals surface area contributed by atoms with E-state index in [2.05, 4.69) is 41.8 Å². The fraction of sp³-hybridized carbons (Fsp3) is 0.500. The number of carbonyl (C=O) groups excluding carboxylic acids is 1. The van der Waals surface area contributed by atoms with Gasteiger partial charge in [-0.3, -0.25) is 9.69 Å². The summed E-state index contributed by atoms with van der Waals surface area (Å²) in [6.07, 6.45) is 5.03. The van der Waals surface area contributed by atoms with Gasteiger partial charge in [-0.15, -0.1) is 0 Å². The van der Waals surface area contributed by atoms with Gasteiger partial charge in [-0.05, 0) is 43.4 Å². The quantitative estimate of drug-likeness (QED) is 0.797. The van der Waals surface area contributed by atoms with E-state index in [0.717, 1.165) is 26.1 Å². The smallest absolute Gasteiger partial charge is 0.245 e. The molecule has 1 aromatic carbocycles. The monoisotopic (exact) mass is 284 g/mol. The van der Waals surface area contributed by atoms with Gasteiger partial charge in [-0.1, -0.05) is 36.9 Å².